The Morgan fingerprint density at radius 2 is 0.442 bits per heavy atom. The zero-order valence-electron chi connectivity index (χ0n) is 29.5. The van der Waals surface area contributed by atoms with E-state index < -0.39 is 24.1 Å². The average molecular weight is 694 g/mol. The molecule has 0 bridgehead atoms. The fourth-order valence-corrected chi connectivity index (χ4v) is 9.11. The minimum atomic E-state index is -2.52. The van der Waals surface area contributed by atoms with Crippen molar-refractivity contribution in [1.29, 1.82) is 0 Å². The van der Waals surface area contributed by atoms with Crippen LogP contribution in [0.15, 0.2) is 0 Å². The molecule has 43 heavy (non-hydrogen) atoms. The van der Waals surface area contributed by atoms with Gasteiger partial charge in [0, 0.05) is 17.4 Å². The lowest BCUT2D eigenvalue weighted by molar-refractivity contribution is 0.110. The summed E-state index contributed by atoms with van der Waals surface area (Å²) in [6, 6.07) is 0. The minimum Gasteiger partial charge on any atom is -0.344 e. The van der Waals surface area contributed by atoms with Crippen LogP contribution in [0.5, 0.6) is 0 Å². The molecule has 0 heterocycles. The maximum atomic E-state index is 11.3. The van der Waals surface area contributed by atoms with E-state index in [4.69, 9.17) is 0 Å². The lowest BCUT2D eigenvalue weighted by atomic mass is 10.5. The Morgan fingerprint density at radius 1 is 0.349 bits per heavy atom. The number of hydrogen-bond acceptors (Lipinski definition) is 9. The second kappa shape index (κ2) is 31.5. The molecule has 3 radical (unpaired) electrons. The predicted octanol–water partition coefficient (Wildman–Crippen LogP) is 3.88. The summed E-state index contributed by atoms with van der Waals surface area (Å²) in [5.74, 6) is -0.861. The Hall–Kier alpha value is 0.862. The fraction of sp³-hybridized carbons (Fsp3) is 1.00. The third kappa shape index (κ3) is 19.3. The largest absolute Gasteiger partial charge is 0.344 e. The quantitative estimate of drug-likeness (QED) is 0.0917. The highest BCUT2D eigenvalue weighted by atomic mass is 31.1. The Balaban J connectivity index is -0.000000262. The second-order valence-electron chi connectivity index (χ2n) is 9.46. The lowest BCUT2D eigenvalue weighted by Gasteiger charge is -2.35. The molecule has 3 N–H and O–H groups in total. The van der Waals surface area contributed by atoms with Crippen LogP contribution in [0.1, 0.15) is 83.1 Å². The molecule has 0 aromatic heterocycles. The molecule has 0 aliphatic rings. The van der Waals surface area contributed by atoms with Gasteiger partial charge in [0.05, 0.1) is 0 Å². The van der Waals surface area contributed by atoms with E-state index in [1.165, 1.54) is 0 Å². The highest BCUT2D eigenvalue weighted by molar-refractivity contribution is 7.39. The standard InChI is InChI=1S/3C9H23N2O2P.Al/c3*1-5-10(6-2)9(14(12)13)11(7-3)8-4;/h3*9,14H,5-8H2,1-4H3,(H,12,13);. The van der Waals surface area contributed by atoms with Gasteiger partial charge in [0.25, 0.3) is 0 Å². The van der Waals surface area contributed by atoms with Crippen molar-refractivity contribution in [3.05, 3.63) is 0 Å². The summed E-state index contributed by atoms with van der Waals surface area (Å²) in [5.41, 5.74) is 0. The first-order valence-corrected chi connectivity index (χ1v) is 20.3. The van der Waals surface area contributed by atoms with Crippen molar-refractivity contribution in [2.24, 2.45) is 0 Å². The van der Waals surface area contributed by atoms with Crippen molar-refractivity contribution in [3.8, 4) is 0 Å². The van der Waals surface area contributed by atoms with Gasteiger partial charge in [-0.1, -0.05) is 83.1 Å². The number of hydrogen-bond donors (Lipinski definition) is 3. The highest BCUT2D eigenvalue weighted by Gasteiger charge is 2.27. The van der Waals surface area contributed by atoms with Gasteiger partial charge in [0.1, 0.15) is 17.7 Å². The van der Waals surface area contributed by atoms with Gasteiger partial charge in [-0.05, 0) is 78.5 Å². The van der Waals surface area contributed by atoms with Crippen LogP contribution in [-0.4, -0.2) is 158 Å². The number of rotatable bonds is 21. The summed E-state index contributed by atoms with van der Waals surface area (Å²) in [5, 5.41) is 0. The van der Waals surface area contributed by atoms with E-state index in [1.54, 1.807) is 0 Å². The van der Waals surface area contributed by atoms with Crippen molar-refractivity contribution >= 4 is 41.4 Å². The topological polar surface area (TPSA) is 131 Å². The molecular weight excluding hydrogens is 624 g/mol. The third-order valence-corrected chi connectivity index (χ3v) is 11.1. The van der Waals surface area contributed by atoms with E-state index in [1.807, 2.05) is 112 Å². The van der Waals surface area contributed by atoms with Crippen molar-refractivity contribution < 1.29 is 28.4 Å². The summed E-state index contributed by atoms with van der Waals surface area (Å²) >= 11 is 0. The van der Waals surface area contributed by atoms with Gasteiger partial charge in [0.15, 0.2) is 0 Å². The molecule has 3 atom stereocenters. The van der Waals surface area contributed by atoms with Crippen LogP contribution in [-0.2, 0) is 13.7 Å². The normalized spacial score (nSPS) is 14.0. The van der Waals surface area contributed by atoms with Crippen LogP contribution < -0.4 is 0 Å². The van der Waals surface area contributed by atoms with Crippen LogP contribution in [0.2, 0.25) is 0 Å². The first-order chi connectivity index (χ1) is 19.8. The Bertz CT molecular complexity index is 572. The highest BCUT2D eigenvalue weighted by Crippen LogP contribution is 2.30. The molecule has 0 aliphatic carbocycles. The number of nitrogens with zero attached hydrogens (tertiary/aromatic N) is 6. The molecule has 0 rings (SSSR count). The molecule has 0 aromatic carbocycles. The molecule has 0 aliphatic heterocycles. The van der Waals surface area contributed by atoms with E-state index in [0.717, 1.165) is 78.5 Å². The van der Waals surface area contributed by atoms with Crippen LogP contribution in [0.25, 0.3) is 0 Å². The van der Waals surface area contributed by atoms with E-state index in [0.29, 0.717) is 0 Å². The molecule has 0 saturated heterocycles. The zero-order chi connectivity index (χ0) is 33.4. The van der Waals surface area contributed by atoms with Crippen molar-refractivity contribution in [3.63, 3.8) is 0 Å². The van der Waals surface area contributed by atoms with E-state index >= 15 is 0 Å². The van der Waals surface area contributed by atoms with Crippen molar-refractivity contribution in [2.75, 3.05) is 78.5 Å². The van der Waals surface area contributed by atoms with Gasteiger partial charge in [-0.3, -0.25) is 43.1 Å². The molecule has 0 aromatic rings. The molecule has 12 nitrogen and oxygen atoms in total. The van der Waals surface area contributed by atoms with Crippen LogP contribution in [0.4, 0.5) is 0 Å². The van der Waals surface area contributed by atoms with Crippen LogP contribution >= 0.6 is 24.1 Å². The Morgan fingerprint density at radius 3 is 0.488 bits per heavy atom. The third-order valence-electron chi connectivity index (χ3n) is 7.61. The first-order valence-electron chi connectivity index (χ1n) is 16.0. The van der Waals surface area contributed by atoms with E-state index in [9.17, 15) is 28.4 Å². The van der Waals surface area contributed by atoms with Crippen LogP contribution in [0.3, 0.4) is 0 Å². The fourth-order valence-electron chi connectivity index (χ4n) is 5.05. The monoisotopic (exact) mass is 693 g/mol. The molecule has 3 unspecified atom stereocenters. The molecular formula is C27H69AlN6O6P3. The predicted molar refractivity (Wildman–Crippen MR) is 188 cm³/mol. The summed E-state index contributed by atoms with van der Waals surface area (Å²) in [7, 11) is -7.55. The molecule has 261 valence electrons. The maximum Gasteiger partial charge on any atom is 0.220 e. The zero-order valence-corrected chi connectivity index (χ0v) is 33.7. The second-order valence-corrected chi connectivity index (χ2v) is 13.0. The van der Waals surface area contributed by atoms with E-state index in [2.05, 4.69) is 0 Å². The summed E-state index contributed by atoms with van der Waals surface area (Å²) in [6.45, 7) is 34.0. The van der Waals surface area contributed by atoms with Gasteiger partial charge in [0.2, 0.25) is 24.1 Å². The molecule has 16 heteroatoms. The van der Waals surface area contributed by atoms with Gasteiger partial charge < -0.3 is 14.7 Å². The smallest absolute Gasteiger partial charge is 0.220 e. The average Bonchev–Trinajstić information content (AvgIpc) is 2.98. The molecule has 0 spiro atoms. The van der Waals surface area contributed by atoms with Crippen LogP contribution in [0, 0.1) is 0 Å². The summed E-state index contributed by atoms with van der Waals surface area (Å²) < 4.78 is 34.0. The lowest BCUT2D eigenvalue weighted by Crippen LogP contribution is -2.46. The Kier molecular flexibility index (Phi) is 37.1. The van der Waals surface area contributed by atoms with Crippen molar-refractivity contribution in [1.82, 2.24) is 29.4 Å². The van der Waals surface area contributed by atoms with Gasteiger partial charge in [-0.2, -0.15) is 0 Å². The SMILES string of the molecule is CCN(CC)C(N(CC)CC)[PH](=O)O.CCN(CC)C(N(CC)CC)[PH](=O)O.CCN(CC)C(N(CC)CC)[PH](=O)O.[Al]. The van der Waals surface area contributed by atoms with Gasteiger partial charge >= 0.3 is 0 Å². The van der Waals surface area contributed by atoms with Crippen molar-refractivity contribution in [2.45, 2.75) is 101 Å². The molecule has 0 amide bonds. The van der Waals surface area contributed by atoms with Gasteiger partial charge in [-0.15, -0.1) is 0 Å². The molecule has 0 saturated carbocycles. The van der Waals surface area contributed by atoms with E-state index in [-0.39, 0.29) is 35.1 Å². The summed E-state index contributed by atoms with van der Waals surface area (Å²) in [6.07, 6.45) is 0. The van der Waals surface area contributed by atoms with Gasteiger partial charge in [-0.25, -0.2) is 0 Å². The molecule has 0 fully saturated rings. The Labute approximate surface area is 277 Å². The minimum absolute atomic E-state index is 0. The first kappa shape index (κ1) is 50.7. The summed E-state index contributed by atoms with van der Waals surface area (Å²) in [4.78, 5) is 40.2. The maximum absolute atomic E-state index is 11.3.